The summed E-state index contributed by atoms with van der Waals surface area (Å²) in [5.74, 6) is 1.63. The second-order valence-electron chi connectivity index (χ2n) is 5.84. The first-order chi connectivity index (χ1) is 8.08. The van der Waals surface area contributed by atoms with E-state index in [1.807, 2.05) is 0 Å². The number of hydrogen-bond acceptors (Lipinski definition) is 1. The van der Waals surface area contributed by atoms with E-state index in [1.54, 1.807) is 0 Å². The molecule has 17 heavy (non-hydrogen) atoms. The van der Waals surface area contributed by atoms with Crippen LogP contribution < -0.4 is 5.32 Å². The van der Waals surface area contributed by atoms with Gasteiger partial charge in [0.05, 0.1) is 0 Å². The Kier molecular flexibility index (Phi) is 3.76. The summed E-state index contributed by atoms with van der Waals surface area (Å²) in [5, 5.41) is 3.77. The van der Waals surface area contributed by atoms with E-state index >= 15 is 0 Å². The van der Waals surface area contributed by atoms with Gasteiger partial charge in [-0.15, -0.1) is 0 Å². The monoisotopic (exact) mass is 231 g/mol. The van der Waals surface area contributed by atoms with Crippen molar-refractivity contribution in [3.63, 3.8) is 0 Å². The van der Waals surface area contributed by atoms with E-state index in [1.165, 1.54) is 36.1 Å². The van der Waals surface area contributed by atoms with Crippen LogP contribution in [0.3, 0.4) is 0 Å². The molecule has 1 aromatic rings. The van der Waals surface area contributed by atoms with Crippen LogP contribution in [-0.2, 0) is 0 Å². The Hall–Kier alpha value is -0.980. The quantitative estimate of drug-likeness (QED) is 0.788. The van der Waals surface area contributed by atoms with Gasteiger partial charge >= 0.3 is 0 Å². The molecule has 1 heteroatoms. The van der Waals surface area contributed by atoms with Gasteiger partial charge in [0.2, 0.25) is 0 Å². The summed E-state index contributed by atoms with van der Waals surface area (Å²) in [6.07, 6.45) is 4.08. The van der Waals surface area contributed by atoms with Crippen LogP contribution in [0, 0.1) is 25.7 Å². The van der Waals surface area contributed by atoms with Gasteiger partial charge in [0.25, 0.3) is 0 Å². The Balaban J connectivity index is 2.11. The van der Waals surface area contributed by atoms with Crippen molar-refractivity contribution in [2.75, 3.05) is 5.32 Å². The first-order valence-electron chi connectivity index (χ1n) is 6.91. The van der Waals surface area contributed by atoms with Gasteiger partial charge in [0, 0.05) is 11.7 Å². The third-order valence-corrected chi connectivity index (χ3v) is 4.44. The second kappa shape index (κ2) is 5.12. The van der Waals surface area contributed by atoms with Gasteiger partial charge in [-0.2, -0.15) is 0 Å². The molecule has 1 aliphatic carbocycles. The predicted octanol–water partition coefficient (Wildman–Crippen LogP) is 4.54. The molecule has 1 aliphatic rings. The first-order valence-corrected chi connectivity index (χ1v) is 6.91. The molecule has 0 bridgehead atoms. The van der Waals surface area contributed by atoms with Crippen molar-refractivity contribution >= 4 is 5.69 Å². The van der Waals surface area contributed by atoms with Gasteiger partial charge in [0.1, 0.15) is 0 Å². The summed E-state index contributed by atoms with van der Waals surface area (Å²) >= 11 is 0. The number of benzene rings is 1. The molecular formula is C16H25N. The van der Waals surface area contributed by atoms with Crippen molar-refractivity contribution in [1.82, 2.24) is 0 Å². The van der Waals surface area contributed by atoms with E-state index in [2.05, 4.69) is 51.2 Å². The van der Waals surface area contributed by atoms with Gasteiger partial charge in [-0.05, 0) is 49.3 Å². The summed E-state index contributed by atoms with van der Waals surface area (Å²) in [6, 6.07) is 7.34. The minimum atomic E-state index is 0.652. The molecule has 0 heterocycles. The fourth-order valence-corrected chi connectivity index (χ4v) is 2.88. The average Bonchev–Trinajstić information content (AvgIpc) is 2.30. The van der Waals surface area contributed by atoms with Crippen molar-refractivity contribution in [2.24, 2.45) is 11.8 Å². The highest BCUT2D eigenvalue weighted by atomic mass is 14.9. The number of hydrogen-bond donors (Lipinski definition) is 1. The van der Waals surface area contributed by atoms with Gasteiger partial charge in [-0.1, -0.05) is 38.8 Å². The third-order valence-electron chi connectivity index (χ3n) is 4.44. The summed E-state index contributed by atoms with van der Waals surface area (Å²) < 4.78 is 0. The molecule has 0 radical (unpaired) electrons. The van der Waals surface area contributed by atoms with Crippen LogP contribution in [0.4, 0.5) is 5.69 Å². The Morgan fingerprint density at radius 2 is 1.88 bits per heavy atom. The van der Waals surface area contributed by atoms with E-state index in [0.717, 1.165) is 11.8 Å². The number of nitrogens with one attached hydrogen (secondary N) is 1. The predicted molar refractivity (Wildman–Crippen MR) is 75.5 cm³/mol. The minimum Gasteiger partial charge on any atom is -0.382 e. The maximum absolute atomic E-state index is 3.77. The smallest absolute Gasteiger partial charge is 0.0374 e. The molecule has 3 atom stereocenters. The van der Waals surface area contributed by atoms with Gasteiger partial charge in [0.15, 0.2) is 0 Å². The van der Waals surface area contributed by atoms with Crippen molar-refractivity contribution in [2.45, 2.75) is 53.0 Å². The zero-order valence-corrected chi connectivity index (χ0v) is 11.6. The highest BCUT2D eigenvalue weighted by Crippen LogP contribution is 2.32. The van der Waals surface area contributed by atoms with E-state index in [0.29, 0.717) is 6.04 Å². The highest BCUT2D eigenvalue weighted by molar-refractivity contribution is 5.53. The van der Waals surface area contributed by atoms with Gasteiger partial charge in [-0.25, -0.2) is 0 Å². The summed E-state index contributed by atoms with van der Waals surface area (Å²) in [5.41, 5.74) is 4.03. The van der Waals surface area contributed by atoms with Crippen LogP contribution in [0.15, 0.2) is 18.2 Å². The van der Waals surface area contributed by atoms with Crippen molar-refractivity contribution in [1.29, 1.82) is 0 Å². The van der Waals surface area contributed by atoms with Crippen molar-refractivity contribution < 1.29 is 0 Å². The van der Waals surface area contributed by atoms with Crippen LogP contribution in [-0.4, -0.2) is 6.04 Å². The molecule has 3 unspecified atom stereocenters. The van der Waals surface area contributed by atoms with Gasteiger partial charge in [-0.3, -0.25) is 0 Å². The lowest BCUT2D eigenvalue weighted by molar-refractivity contribution is 0.253. The number of anilines is 1. The zero-order chi connectivity index (χ0) is 12.4. The fourth-order valence-electron chi connectivity index (χ4n) is 2.88. The SMILES string of the molecule is Cc1ccc(C)c(NC2CCCC(C)C2C)c1. The lowest BCUT2D eigenvalue weighted by atomic mass is 9.78. The lowest BCUT2D eigenvalue weighted by Crippen LogP contribution is -2.35. The molecule has 0 aliphatic heterocycles. The van der Waals surface area contributed by atoms with E-state index in [-0.39, 0.29) is 0 Å². The van der Waals surface area contributed by atoms with Crippen LogP contribution in [0.5, 0.6) is 0 Å². The molecule has 1 N–H and O–H groups in total. The maximum atomic E-state index is 3.77. The molecule has 0 spiro atoms. The Labute approximate surface area is 106 Å². The van der Waals surface area contributed by atoms with Crippen LogP contribution in [0.25, 0.3) is 0 Å². The normalized spacial score (nSPS) is 29.1. The number of aryl methyl sites for hydroxylation is 2. The molecule has 0 saturated heterocycles. The lowest BCUT2D eigenvalue weighted by Gasteiger charge is -2.35. The largest absolute Gasteiger partial charge is 0.382 e. The molecule has 2 rings (SSSR count). The van der Waals surface area contributed by atoms with Crippen LogP contribution in [0.2, 0.25) is 0 Å². The Bertz CT molecular complexity index is 383. The molecule has 94 valence electrons. The molecular weight excluding hydrogens is 206 g/mol. The Morgan fingerprint density at radius 1 is 1.12 bits per heavy atom. The molecule has 0 aromatic heterocycles. The average molecular weight is 231 g/mol. The van der Waals surface area contributed by atoms with E-state index in [9.17, 15) is 0 Å². The highest BCUT2D eigenvalue weighted by Gasteiger charge is 2.26. The first kappa shape index (κ1) is 12.5. The Morgan fingerprint density at radius 3 is 2.65 bits per heavy atom. The van der Waals surface area contributed by atoms with Gasteiger partial charge < -0.3 is 5.32 Å². The third kappa shape index (κ3) is 2.83. The van der Waals surface area contributed by atoms with Crippen molar-refractivity contribution in [3.05, 3.63) is 29.3 Å². The molecule has 0 amide bonds. The van der Waals surface area contributed by atoms with E-state index < -0.39 is 0 Å². The van der Waals surface area contributed by atoms with Crippen LogP contribution in [0.1, 0.15) is 44.2 Å². The summed E-state index contributed by atoms with van der Waals surface area (Å²) in [4.78, 5) is 0. The molecule has 1 fully saturated rings. The second-order valence-corrected chi connectivity index (χ2v) is 5.84. The molecule has 1 saturated carbocycles. The van der Waals surface area contributed by atoms with Crippen LogP contribution >= 0.6 is 0 Å². The van der Waals surface area contributed by atoms with E-state index in [4.69, 9.17) is 0 Å². The fraction of sp³-hybridized carbons (Fsp3) is 0.625. The zero-order valence-electron chi connectivity index (χ0n) is 11.6. The van der Waals surface area contributed by atoms with Crippen molar-refractivity contribution in [3.8, 4) is 0 Å². The molecule has 1 nitrogen and oxygen atoms in total. The standard InChI is InChI=1S/C16H25N/c1-11-8-9-13(3)16(10-11)17-15-7-5-6-12(2)14(15)4/h8-10,12,14-15,17H,5-7H2,1-4H3. The number of rotatable bonds is 2. The minimum absolute atomic E-state index is 0.652. The maximum Gasteiger partial charge on any atom is 0.0374 e. The molecule has 1 aromatic carbocycles. The topological polar surface area (TPSA) is 12.0 Å². The summed E-state index contributed by atoms with van der Waals surface area (Å²) in [6.45, 7) is 9.14. The summed E-state index contributed by atoms with van der Waals surface area (Å²) in [7, 11) is 0.